The number of H-pyrrole nitrogens is 1. The van der Waals surface area contributed by atoms with Gasteiger partial charge in [0.15, 0.2) is 0 Å². The van der Waals surface area contributed by atoms with Crippen LogP contribution in [0.2, 0.25) is 0 Å². The molecule has 0 radical (unpaired) electrons. The number of benzene rings is 1. The highest BCUT2D eigenvalue weighted by Gasteiger charge is 2.16. The van der Waals surface area contributed by atoms with E-state index in [4.69, 9.17) is 4.74 Å². The number of ether oxygens (including phenoxy) is 1. The Morgan fingerprint density at radius 2 is 1.95 bits per heavy atom. The quantitative estimate of drug-likeness (QED) is 0.906. The maximum Gasteiger partial charge on any atom is 0.257 e. The summed E-state index contributed by atoms with van der Waals surface area (Å²) in [7, 11) is 1.57. The maximum atomic E-state index is 12.2. The van der Waals surface area contributed by atoms with E-state index < -0.39 is 0 Å². The second-order valence-electron chi connectivity index (χ2n) is 5.23. The van der Waals surface area contributed by atoms with Gasteiger partial charge in [-0.2, -0.15) is 0 Å². The molecule has 6 nitrogen and oxygen atoms in total. The number of amides is 1. The molecule has 1 amide bonds. The number of carbonyl (C=O) groups excluding carboxylic acids is 1. The Hall–Kier alpha value is -2.63. The molecule has 3 rings (SSSR count). The van der Waals surface area contributed by atoms with Crippen LogP contribution < -0.4 is 15.6 Å². The molecule has 0 spiro atoms. The number of hydrogen-bond donors (Lipinski definition) is 2. The minimum Gasteiger partial charge on any atom is -0.497 e. The number of aromatic nitrogens is 2. The molecule has 1 aromatic heterocycles. The van der Waals surface area contributed by atoms with Crippen molar-refractivity contribution in [3.8, 4) is 5.75 Å². The molecule has 0 atom stereocenters. The van der Waals surface area contributed by atoms with E-state index in [-0.39, 0.29) is 17.4 Å². The van der Waals surface area contributed by atoms with Crippen molar-refractivity contribution in [3.63, 3.8) is 0 Å². The number of rotatable bonds is 3. The summed E-state index contributed by atoms with van der Waals surface area (Å²) in [6.07, 6.45) is 3.57. The van der Waals surface area contributed by atoms with Crippen molar-refractivity contribution in [3.05, 3.63) is 51.4 Å². The first-order valence-corrected chi connectivity index (χ1v) is 7.25. The summed E-state index contributed by atoms with van der Waals surface area (Å²) in [5.41, 5.74) is 1.85. The minimum atomic E-state index is -0.318. The SMILES string of the molecule is COc1ccc(C(=O)Nc2nc3c(c(=O)[nH]2)CCCC3)cc1. The number of methoxy groups -OCH3 is 1. The number of carbonyl (C=O) groups is 1. The van der Waals surface area contributed by atoms with Gasteiger partial charge >= 0.3 is 0 Å². The van der Waals surface area contributed by atoms with Crippen molar-refractivity contribution in [2.24, 2.45) is 0 Å². The van der Waals surface area contributed by atoms with Crippen LogP contribution in [-0.4, -0.2) is 23.0 Å². The molecule has 1 aromatic carbocycles. The minimum absolute atomic E-state index is 0.158. The van der Waals surface area contributed by atoms with E-state index in [9.17, 15) is 9.59 Å². The monoisotopic (exact) mass is 299 g/mol. The summed E-state index contributed by atoms with van der Waals surface area (Å²) in [6.45, 7) is 0. The van der Waals surface area contributed by atoms with E-state index >= 15 is 0 Å². The van der Waals surface area contributed by atoms with Gasteiger partial charge in [-0.05, 0) is 49.9 Å². The lowest BCUT2D eigenvalue weighted by atomic mass is 9.97. The summed E-state index contributed by atoms with van der Waals surface area (Å²) < 4.78 is 5.05. The zero-order valence-electron chi connectivity index (χ0n) is 12.3. The lowest BCUT2D eigenvalue weighted by molar-refractivity contribution is 0.102. The van der Waals surface area contributed by atoms with Crippen molar-refractivity contribution < 1.29 is 9.53 Å². The molecule has 1 aliphatic rings. The van der Waals surface area contributed by atoms with Gasteiger partial charge in [-0.15, -0.1) is 0 Å². The third-order valence-corrected chi connectivity index (χ3v) is 3.78. The number of hydrogen-bond acceptors (Lipinski definition) is 4. The number of aromatic amines is 1. The topological polar surface area (TPSA) is 84.1 Å². The van der Waals surface area contributed by atoms with Crippen LogP contribution in [0.15, 0.2) is 29.1 Å². The standard InChI is InChI=1S/C16H17N3O3/c1-22-11-8-6-10(7-9-11)14(20)18-16-17-13-5-3-2-4-12(13)15(21)19-16/h6-9H,2-5H2,1H3,(H2,17,18,19,20,21). The second kappa shape index (κ2) is 6.01. The van der Waals surface area contributed by atoms with Gasteiger partial charge in [0.1, 0.15) is 5.75 Å². The van der Waals surface area contributed by atoms with Crippen molar-refractivity contribution in [1.82, 2.24) is 9.97 Å². The van der Waals surface area contributed by atoms with Gasteiger partial charge < -0.3 is 4.74 Å². The molecule has 114 valence electrons. The predicted molar refractivity (Wildman–Crippen MR) is 82.4 cm³/mol. The van der Waals surface area contributed by atoms with Crippen LogP contribution >= 0.6 is 0 Å². The van der Waals surface area contributed by atoms with Gasteiger partial charge in [-0.1, -0.05) is 0 Å². The molecule has 0 bridgehead atoms. The van der Waals surface area contributed by atoms with Crippen LogP contribution in [0.4, 0.5) is 5.95 Å². The maximum absolute atomic E-state index is 12.2. The molecule has 6 heteroatoms. The van der Waals surface area contributed by atoms with Gasteiger partial charge in [0.2, 0.25) is 5.95 Å². The lowest BCUT2D eigenvalue weighted by Crippen LogP contribution is -2.24. The molecular formula is C16H17N3O3. The first-order chi connectivity index (χ1) is 10.7. The summed E-state index contributed by atoms with van der Waals surface area (Å²) in [5.74, 6) is 0.560. The van der Waals surface area contributed by atoms with E-state index in [0.29, 0.717) is 11.3 Å². The molecule has 0 saturated heterocycles. The van der Waals surface area contributed by atoms with Crippen molar-refractivity contribution in [1.29, 1.82) is 0 Å². The number of fused-ring (bicyclic) bond motifs is 1. The summed E-state index contributed by atoms with van der Waals surface area (Å²) in [6, 6.07) is 6.73. The third kappa shape index (κ3) is 2.86. The number of nitrogens with zero attached hydrogens (tertiary/aromatic N) is 1. The molecule has 1 aliphatic carbocycles. The molecule has 0 aliphatic heterocycles. The molecule has 22 heavy (non-hydrogen) atoms. The fourth-order valence-corrected chi connectivity index (χ4v) is 2.58. The van der Waals surface area contributed by atoms with Crippen molar-refractivity contribution >= 4 is 11.9 Å². The molecule has 2 N–H and O–H groups in total. The fourth-order valence-electron chi connectivity index (χ4n) is 2.58. The van der Waals surface area contributed by atoms with E-state index in [1.165, 1.54) is 0 Å². The largest absolute Gasteiger partial charge is 0.497 e. The molecule has 2 aromatic rings. The molecule has 0 unspecified atom stereocenters. The highest BCUT2D eigenvalue weighted by Crippen LogP contribution is 2.17. The van der Waals surface area contributed by atoms with Gasteiger partial charge in [-0.25, -0.2) is 4.98 Å². The van der Waals surface area contributed by atoms with Crippen LogP contribution in [-0.2, 0) is 12.8 Å². The summed E-state index contributed by atoms with van der Waals surface area (Å²) in [5, 5.41) is 2.64. The normalized spacial score (nSPS) is 13.3. The van der Waals surface area contributed by atoms with Crippen LogP contribution in [0, 0.1) is 0 Å². The average molecular weight is 299 g/mol. The first-order valence-electron chi connectivity index (χ1n) is 7.25. The average Bonchev–Trinajstić information content (AvgIpc) is 2.55. The van der Waals surface area contributed by atoms with E-state index in [0.717, 1.165) is 36.9 Å². The Kier molecular flexibility index (Phi) is 3.91. The zero-order valence-corrected chi connectivity index (χ0v) is 12.3. The molecule has 0 fully saturated rings. The Bertz CT molecular complexity index is 750. The highest BCUT2D eigenvalue weighted by molar-refractivity contribution is 6.03. The molecular weight excluding hydrogens is 282 g/mol. The van der Waals surface area contributed by atoms with Crippen LogP contribution in [0.3, 0.4) is 0 Å². The van der Waals surface area contributed by atoms with E-state index in [1.54, 1.807) is 31.4 Å². The van der Waals surface area contributed by atoms with Gasteiger partial charge in [0.25, 0.3) is 11.5 Å². The van der Waals surface area contributed by atoms with Crippen LogP contribution in [0.5, 0.6) is 5.75 Å². The number of aryl methyl sites for hydroxylation is 1. The van der Waals surface area contributed by atoms with Crippen LogP contribution in [0.25, 0.3) is 0 Å². The highest BCUT2D eigenvalue weighted by atomic mass is 16.5. The second-order valence-corrected chi connectivity index (χ2v) is 5.23. The Morgan fingerprint density at radius 3 is 2.68 bits per heavy atom. The smallest absolute Gasteiger partial charge is 0.257 e. The van der Waals surface area contributed by atoms with E-state index in [2.05, 4.69) is 15.3 Å². The summed E-state index contributed by atoms with van der Waals surface area (Å²) in [4.78, 5) is 31.2. The Balaban J connectivity index is 1.81. The van der Waals surface area contributed by atoms with Gasteiger partial charge in [0.05, 0.1) is 12.8 Å². The lowest BCUT2D eigenvalue weighted by Gasteiger charge is -2.14. The van der Waals surface area contributed by atoms with Crippen molar-refractivity contribution in [2.45, 2.75) is 25.7 Å². The Morgan fingerprint density at radius 1 is 1.23 bits per heavy atom. The molecule has 1 heterocycles. The molecule has 0 saturated carbocycles. The number of anilines is 1. The van der Waals surface area contributed by atoms with E-state index in [1.807, 2.05) is 0 Å². The number of nitrogens with one attached hydrogen (secondary N) is 2. The van der Waals surface area contributed by atoms with Crippen molar-refractivity contribution in [2.75, 3.05) is 12.4 Å². The zero-order chi connectivity index (χ0) is 15.5. The van der Waals surface area contributed by atoms with Crippen LogP contribution in [0.1, 0.15) is 34.5 Å². The van der Waals surface area contributed by atoms with Gasteiger partial charge in [-0.3, -0.25) is 19.9 Å². The Labute approximate surface area is 127 Å². The first kappa shape index (κ1) is 14.3. The third-order valence-electron chi connectivity index (χ3n) is 3.78. The predicted octanol–water partition coefficient (Wildman–Crippen LogP) is 1.91. The summed E-state index contributed by atoms with van der Waals surface area (Å²) >= 11 is 0. The van der Waals surface area contributed by atoms with Gasteiger partial charge in [0, 0.05) is 11.1 Å². The fraction of sp³-hybridized carbons (Fsp3) is 0.312.